The van der Waals surface area contributed by atoms with Gasteiger partial charge in [0.1, 0.15) is 0 Å². The first kappa shape index (κ1) is 36.8. The Bertz CT molecular complexity index is 3300. The third-order valence-corrected chi connectivity index (χ3v) is 12.0. The molecule has 2 heteroatoms. The molecule has 0 bridgehead atoms. The number of hydrogen-bond donors (Lipinski definition) is 0. The molecule has 0 saturated heterocycles. The van der Waals surface area contributed by atoms with E-state index in [4.69, 9.17) is 0 Å². The van der Waals surface area contributed by atoms with Gasteiger partial charge in [0, 0.05) is 27.6 Å². The van der Waals surface area contributed by atoms with E-state index in [0.29, 0.717) is 0 Å². The van der Waals surface area contributed by atoms with E-state index in [1.165, 1.54) is 49.7 Å². The molecule has 0 radical (unpaired) electrons. The molecule has 0 aliphatic carbocycles. The number of benzene rings is 10. The Balaban J connectivity index is 1.22. The molecule has 2 nitrogen and oxygen atoms in total. The molecule has 62 heavy (non-hydrogen) atoms. The molecule has 0 aliphatic heterocycles. The summed E-state index contributed by atoms with van der Waals surface area (Å²) in [5.74, 6) is 0. The predicted octanol–water partition coefficient (Wildman–Crippen LogP) is 16.6. The SMILES string of the molecule is c1ccc(-c2ccc(N(c3cc(-c4ccccc4)ccc3-c3ccccc3)c3cccc4c3c3ccccc3n4-c3cc(-c4ccccc4)ccc3-c3ccccc3)cc2)cc1. The number of nitrogens with zero attached hydrogens (tertiary/aromatic N) is 2. The van der Waals surface area contributed by atoms with Gasteiger partial charge in [-0.25, -0.2) is 0 Å². The molecule has 1 aromatic heterocycles. The molecule has 0 fully saturated rings. The van der Waals surface area contributed by atoms with Gasteiger partial charge >= 0.3 is 0 Å². The van der Waals surface area contributed by atoms with Gasteiger partial charge in [-0.05, 0) is 87.0 Å². The van der Waals surface area contributed by atoms with Crippen LogP contribution in [0.15, 0.2) is 255 Å². The van der Waals surface area contributed by atoms with Crippen molar-refractivity contribution in [1.82, 2.24) is 4.57 Å². The minimum Gasteiger partial charge on any atom is -0.309 e. The van der Waals surface area contributed by atoms with Crippen molar-refractivity contribution in [2.24, 2.45) is 0 Å². The Morgan fingerprint density at radius 1 is 0.274 bits per heavy atom. The van der Waals surface area contributed by atoms with Gasteiger partial charge in [0.05, 0.1) is 28.1 Å². The Kier molecular flexibility index (Phi) is 9.57. The highest BCUT2D eigenvalue weighted by molar-refractivity contribution is 6.17. The first-order chi connectivity index (χ1) is 30.8. The van der Waals surface area contributed by atoms with Gasteiger partial charge in [0.25, 0.3) is 0 Å². The summed E-state index contributed by atoms with van der Waals surface area (Å²) in [4.78, 5) is 2.49. The second kappa shape index (κ2) is 16.1. The fourth-order valence-electron chi connectivity index (χ4n) is 9.07. The van der Waals surface area contributed by atoms with Crippen LogP contribution in [-0.4, -0.2) is 4.57 Å². The monoisotopic (exact) mass is 790 g/mol. The average molecular weight is 791 g/mol. The molecule has 0 unspecified atom stereocenters. The van der Waals surface area contributed by atoms with Crippen LogP contribution in [0.3, 0.4) is 0 Å². The Morgan fingerprint density at radius 3 is 1.31 bits per heavy atom. The van der Waals surface area contributed by atoms with E-state index >= 15 is 0 Å². The molecule has 1 heterocycles. The maximum Gasteiger partial charge on any atom is 0.0562 e. The third-order valence-electron chi connectivity index (χ3n) is 12.0. The largest absolute Gasteiger partial charge is 0.309 e. The van der Waals surface area contributed by atoms with Crippen molar-refractivity contribution in [3.63, 3.8) is 0 Å². The molecule has 0 N–H and O–H groups in total. The van der Waals surface area contributed by atoms with E-state index in [1.807, 2.05) is 0 Å². The fourth-order valence-corrected chi connectivity index (χ4v) is 9.07. The molecule has 0 amide bonds. The number of para-hydroxylation sites is 1. The quantitative estimate of drug-likeness (QED) is 0.141. The zero-order valence-corrected chi connectivity index (χ0v) is 34.1. The standard InChI is InChI=1S/C60H42N2/c1-6-19-43(20-7-1)46-33-37-51(38-34-46)61(58-41-49(44-21-8-2-9-22-44)35-39-52(58)47-25-12-4-13-26-47)56-31-18-32-57-60(56)54-29-16-17-30-55(54)62(57)59-42-50(45-23-10-3-11-24-45)36-40-53(59)48-27-14-5-15-28-48/h1-42H. The smallest absolute Gasteiger partial charge is 0.0562 e. The maximum absolute atomic E-state index is 2.49. The van der Waals surface area contributed by atoms with Crippen LogP contribution in [0.1, 0.15) is 0 Å². The lowest BCUT2D eigenvalue weighted by atomic mass is 9.96. The fraction of sp³-hybridized carbons (Fsp3) is 0. The van der Waals surface area contributed by atoms with Crippen molar-refractivity contribution < 1.29 is 0 Å². The summed E-state index contributed by atoms with van der Waals surface area (Å²) >= 11 is 0. The molecule has 11 rings (SSSR count). The van der Waals surface area contributed by atoms with Gasteiger partial charge in [-0.3, -0.25) is 0 Å². The minimum atomic E-state index is 1.08. The van der Waals surface area contributed by atoms with Crippen molar-refractivity contribution in [2.75, 3.05) is 4.90 Å². The highest BCUT2D eigenvalue weighted by Crippen LogP contribution is 2.48. The maximum atomic E-state index is 2.49. The van der Waals surface area contributed by atoms with Crippen LogP contribution in [0.5, 0.6) is 0 Å². The van der Waals surface area contributed by atoms with Gasteiger partial charge in [-0.15, -0.1) is 0 Å². The summed E-state index contributed by atoms with van der Waals surface area (Å²) in [7, 11) is 0. The molecule has 0 aliphatic rings. The van der Waals surface area contributed by atoms with Crippen LogP contribution in [0.4, 0.5) is 17.1 Å². The summed E-state index contributed by atoms with van der Waals surface area (Å²) in [5, 5.41) is 2.37. The summed E-state index contributed by atoms with van der Waals surface area (Å²) < 4.78 is 2.48. The van der Waals surface area contributed by atoms with Crippen molar-refractivity contribution in [3.05, 3.63) is 255 Å². The van der Waals surface area contributed by atoms with Crippen LogP contribution in [0.2, 0.25) is 0 Å². The van der Waals surface area contributed by atoms with Gasteiger partial charge in [0.15, 0.2) is 0 Å². The zero-order valence-electron chi connectivity index (χ0n) is 34.1. The first-order valence-electron chi connectivity index (χ1n) is 21.3. The van der Waals surface area contributed by atoms with E-state index in [2.05, 4.69) is 264 Å². The number of aromatic nitrogens is 1. The topological polar surface area (TPSA) is 8.17 Å². The first-order valence-corrected chi connectivity index (χ1v) is 21.3. The van der Waals surface area contributed by atoms with Crippen molar-refractivity contribution >= 4 is 38.9 Å². The van der Waals surface area contributed by atoms with Crippen LogP contribution >= 0.6 is 0 Å². The van der Waals surface area contributed by atoms with E-state index in [0.717, 1.165) is 50.5 Å². The highest BCUT2D eigenvalue weighted by Gasteiger charge is 2.25. The Morgan fingerprint density at radius 2 is 0.710 bits per heavy atom. The molecular formula is C60H42N2. The second-order valence-electron chi connectivity index (χ2n) is 15.7. The van der Waals surface area contributed by atoms with E-state index < -0.39 is 0 Å². The molecule has 10 aromatic carbocycles. The van der Waals surface area contributed by atoms with Crippen LogP contribution in [0, 0.1) is 0 Å². The summed E-state index contributed by atoms with van der Waals surface area (Å²) in [6, 6.07) is 92.2. The Labute approximate surface area is 362 Å². The van der Waals surface area contributed by atoms with Crippen LogP contribution < -0.4 is 4.90 Å². The number of hydrogen-bond acceptors (Lipinski definition) is 1. The van der Waals surface area contributed by atoms with E-state index in [-0.39, 0.29) is 0 Å². The lowest BCUT2D eigenvalue weighted by Gasteiger charge is -2.29. The third kappa shape index (κ3) is 6.74. The van der Waals surface area contributed by atoms with Gasteiger partial charge in [0.2, 0.25) is 0 Å². The average Bonchev–Trinajstić information content (AvgIpc) is 3.70. The van der Waals surface area contributed by atoms with Crippen molar-refractivity contribution in [2.45, 2.75) is 0 Å². The van der Waals surface area contributed by atoms with Gasteiger partial charge in [-0.1, -0.05) is 212 Å². The molecule has 292 valence electrons. The lowest BCUT2D eigenvalue weighted by molar-refractivity contribution is 1.18. The lowest BCUT2D eigenvalue weighted by Crippen LogP contribution is -2.12. The van der Waals surface area contributed by atoms with Crippen molar-refractivity contribution in [1.29, 1.82) is 0 Å². The minimum absolute atomic E-state index is 1.08. The zero-order chi connectivity index (χ0) is 41.2. The van der Waals surface area contributed by atoms with Crippen LogP contribution in [-0.2, 0) is 0 Å². The normalized spacial score (nSPS) is 11.2. The molecular weight excluding hydrogens is 749 g/mol. The van der Waals surface area contributed by atoms with Gasteiger partial charge in [-0.2, -0.15) is 0 Å². The van der Waals surface area contributed by atoms with Gasteiger partial charge < -0.3 is 9.47 Å². The second-order valence-corrected chi connectivity index (χ2v) is 15.7. The summed E-state index contributed by atoms with van der Waals surface area (Å²) in [6.45, 7) is 0. The van der Waals surface area contributed by atoms with Crippen LogP contribution in [0.25, 0.3) is 83.1 Å². The number of anilines is 3. The summed E-state index contributed by atoms with van der Waals surface area (Å²) in [6.07, 6.45) is 0. The predicted molar refractivity (Wildman–Crippen MR) is 263 cm³/mol. The summed E-state index contributed by atoms with van der Waals surface area (Å²) in [5.41, 5.74) is 18.4. The number of fused-ring (bicyclic) bond motifs is 3. The van der Waals surface area contributed by atoms with E-state index in [1.54, 1.807) is 0 Å². The molecule has 0 saturated carbocycles. The number of rotatable bonds is 9. The molecule has 0 spiro atoms. The molecule has 0 atom stereocenters. The van der Waals surface area contributed by atoms with E-state index in [9.17, 15) is 0 Å². The highest BCUT2D eigenvalue weighted by atomic mass is 15.2. The van der Waals surface area contributed by atoms with Crippen molar-refractivity contribution in [3.8, 4) is 61.3 Å². The molecule has 11 aromatic rings. The Hall–Kier alpha value is -8.20.